The van der Waals surface area contributed by atoms with E-state index in [9.17, 15) is 14.4 Å². The second-order valence-electron chi connectivity index (χ2n) is 20.2. The van der Waals surface area contributed by atoms with E-state index in [2.05, 4.69) is 106 Å². The van der Waals surface area contributed by atoms with Gasteiger partial charge in [-0.05, 0) is 96.3 Å². The van der Waals surface area contributed by atoms with Crippen molar-refractivity contribution < 1.29 is 28.6 Å². The number of hydrogen-bond donors (Lipinski definition) is 0. The van der Waals surface area contributed by atoms with Crippen LogP contribution in [0.25, 0.3) is 0 Å². The van der Waals surface area contributed by atoms with E-state index in [1.54, 1.807) is 0 Å². The predicted molar refractivity (Wildman–Crippen MR) is 311 cm³/mol. The molecule has 0 aromatic carbocycles. The van der Waals surface area contributed by atoms with Crippen molar-refractivity contribution in [3.05, 3.63) is 85.1 Å². The molecular weight excluding hydrogens is 889 g/mol. The zero-order valence-electron chi connectivity index (χ0n) is 47.4. The van der Waals surface area contributed by atoms with Gasteiger partial charge in [0.2, 0.25) is 0 Å². The van der Waals surface area contributed by atoms with Crippen LogP contribution in [0, 0.1) is 0 Å². The smallest absolute Gasteiger partial charge is 0.306 e. The van der Waals surface area contributed by atoms with Gasteiger partial charge < -0.3 is 14.2 Å². The van der Waals surface area contributed by atoms with Crippen LogP contribution >= 0.6 is 0 Å². The Morgan fingerprint density at radius 2 is 0.542 bits per heavy atom. The topological polar surface area (TPSA) is 78.9 Å². The van der Waals surface area contributed by atoms with Crippen molar-refractivity contribution in [2.45, 2.75) is 303 Å². The molecule has 0 fully saturated rings. The third-order valence-corrected chi connectivity index (χ3v) is 13.1. The van der Waals surface area contributed by atoms with Gasteiger partial charge in [0.25, 0.3) is 0 Å². The van der Waals surface area contributed by atoms with Gasteiger partial charge in [-0.3, -0.25) is 14.4 Å². The van der Waals surface area contributed by atoms with Gasteiger partial charge in [-0.1, -0.05) is 266 Å². The fourth-order valence-electron chi connectivity index (χ4n) is 8.56. The lowest BCUT2D eigenvalue weighted by molar-refractivity contribution is -0.167. The zero-order valence-corrected chi connectivity index (χ0v) is 47.4. The van der Waals surface area contributed by atoms with Gasteiger partial charge in [0.05, 0.1) is 0 Å². The minimum Gasteiger partial charge on any atom is -0.462 e. The second-order valence-corrected chi connectivity index (χ2v) is 20.2. The van der Waals surface area contributed by atoms with Crippen molar-refractivity contribution in [3.8, 4) is 0 Å². The molecule has 0 saturated carbocycles. The number of rotatable bonds is 55. The molecular formula is C66H114O6. The minimum atomic E-state index is -0.787. The van der Waals surface area contributed by atoms with Crippen LogP contribution in [-0.2, 0) is 28.6 Å². The van der Waals surface area contributed by atoms with E-state index in [0.29, 0.717) is 19.3 Å². The molecule has 0 saturated heterocycles. The molecule has 6 heteroatoms. The number of unbranched alkanes of at least 4 members (excludes halogenated alkanes) is 30. The molecule has 0 aliphatic carbocycles. The lowest BCUT2D eigenvalue weighted by Crippen LogP contribution is -2.30. The predicted octanol–water partition coefficient (Wildman–Crippen LogP) is 20.7. The number of carbonyl (C=O) groups is 3. The highest BCUT2D eigenvalue weighted by Crippen LogP contribution is 2.16. The molecule has 72 heavy (non-hydrogen) atoms. The Hall–Kier alpha value is -3.41. The molecule has 0 N–H and O–H groups in total. The molecule has 0 spiro atoms. The van der Waals surface area contributed by atoms with Gasteiger partial charge >= 0.3 is 17.9 Å². The van der Waals surface area contributed by atoms with Crippen LogP contribution in [-0.4, -0.2) is 37.2 Å². The fourth-order valence-corrected chi connectivity index (χ4v) is 8.56. The molecule has 0 bridgehead atoms. The molecule has 0 aromatic heterocycles. The maximum Gasteiger partial charge on any atom is 0.306 e. The first-order valence-corrected chi connectivity index (χ1v) is 30.6. The Morgan fingerprint density at radius 1 is 0.292 bits per heavy atom. The second kappa shape index (κ2) is 60.1. The van der Waals surface area contributed by atoms with E-state index in [-0.39, 0.29) is 31.1 Å². The molecule has 1 unspecified atom stereocenters. The highest BCUT2D eigenvalue weighted by atomic mass is 16.6. The maximum absolute atomic E-state index is 12.9. The summed E-state index contributed by atoms with van der Waals surface area (Å²) in [4.78, 5) is 38.2. The molecule has 414 valence electrons. The molecule has 0 aliphatic heterocycles. The molecule has 0 heterocycles. The summed E-state index contributed by atoms with van der Waals surface area (Å²) in [6.45, 7) is 6.51. The number of carbonyl (C=O) groups excluding carboxylic acids is 3. The Labute approximate surface area is 445 Å². The Bertz CT molecular complexity index is 1380. The Balaban J connectivity index is 4.33. The molecule has 6 nitrogen and oxygen atoms in total. The first-order valence-electron chi connectivity index (χ1n) is 30.6. The number of esters is 3. The van der Waals surface area contributed by atoms with Gasteiger partial charge in [0.15, 0.2) is 6.10 Å². The first kappa shape index (κ1) is 68.6. The lowest BCUT2D eigenvalue weighted by Gasteiger charge is -2.18. The summed E-state index contributed by atoms with van der Waals surface area (Å²) < 4.78 is 16.9. The number of hydrogen-bond acceptors (Lipinski definition) is 6. The summed E-state index contributed by atoms with van der Waals surface area (Å²) in [5, 5.41) is 0. The third-order valence-electron chi connectivity index (χ3n) is 13.1. The lowest BCUT2D eigenvalue weighted by atomic mass is 10.1. The molecule has 0 rings (SSSR count). The normalized spacial score (nSPS) is 12.7. The van der Waals surface area contributed by atoms with Crippen LogP contribution < -0.4 is 0 Å². The van der Waals surface area contributed by atoms with Gasteiger partial charge in [0, 0.05) is 19.3 Å². The quantitative estimate of drug-likeness (QED) is 0.0261. The maximum atomic E-state index is 12.9. The van der Waals surface area contributed by atoms with Crippen molar-refractivity contribution >= 4 is 17.9 Å². The average Bonchev–Trinajstić information content (AvgIpc) is 3.38. The van der Waals surface area contributed by atoms with E-state index in [0.717, 1.165) is 109 Å². The van der Waals surface area contributed by atoms with Crippen molar-refractivity contribution in [1.29, 1.82) is 0 Å². The minimum absolute atomic E-state index is 0.0835. The monoisotopic (exact) mass is 1000 g/mol. The summed E-state index contributed by atoms with van der Waals surface area (Å²) in [5.41, 5.74) is 0. The zero-order chi connectivity index (χ0) is 52.2. The number of allylic oxidation sites excluding steroid dienone is 14. The van der Waals surface area contributed by atoms with Crippen LogP contribution in [0.3, 0.4) is 0 Å². The van der Waals surface area contributed by atoms with E-state index in [1.807, 2.05) is 0 Å². The standard InChI is InChI=1S/C66H114O6/c1-4-7-10-13-16-19-22-24-26-28-30-32-33-35-36-38-40-42-44-47-50-53-56-59-65(68)71-62-63(61-70-64(67)58-55-52-49-46-21-18-15-12-9-6-3)72-66(69)60-57-54-51-48-45-43-41-39-37-34-31-29-27-25-23-20-17-14-11-8-5-2/h7,10,16,19,24,26,29-32,35-36,40,42,63H,4-6,8-9,11-15,17-18,20-23,25,27-28,33-34,37-39,41,43-62H2,1-3H3/b10-7-,19-16-,26-24-,31-29-,32-30-,36-35-,42-40-. The Kier molecular flexibility index (Phi) is 57.3. The summed E-state index contributed by atoms with van der Waals surface area (Å²) in [6, 6.07) is 0. The van der Waals surface area contributed by atoms with Crippen LogP contribution in [0.15, 0.2) is 85.1 Å². The summed E-state index contributed by atoms with van der Waals surface area (Å²) in [6.07, 6.45) is 78.7. The molecule has 0 aromatic rings. The van der Waals surface area contributed by atoms with Crippen LogP contribution in [0.5, 0.6) is 0 Å². The molecule has 1 atom stereocenters. The molecule has 0 amide bonds. The van der Waals surface area contributed by atoms with E-state index >= 15 is 0 Å². The van der Waals surface area contributed by atoms with E-state index < -0.39 is 6.10 Å². The first-order chi connectivity index (χ1) is 35.5. The number of ether oxygens (including phenoxy) is 3. The van der Waals surface area contributed by atoms with E-state index in [4.69, 9.17) is 14.2 Å². The van der Waals surface area contributed by atoms with Crippen molar-refractivity contribution in [1.82, 2.24) is 0 Å². The van der Waals surface area contributed by atoms with E-state index in [1.165, 1.54) is 148 Å². The van der Waals surface area contributed by atoms with Gasteiger partial charge in [0.1, 0.15) is 13.2 Å². The van der Waals surface area contributed by atoms with Crippen molar-refractivity contribution in [2.24, 2.45) is 0 Å². The fraction of sp³-hybridized carbons (Fsp3) is 0.742. The molecule has 0 aliphatic rings. The van der Waals surface area contributed by atoms with Gasteiger partial charge in [-0.2, -0.15) is 0 Å². The summed E-state index contributed by atoms with van der Waals surface area (Å²) in [5.74, 6) is -0.904. The highest BCUT2D eigenvalue weighted by Gasteiger charge is 2.19. The van der Waals surface area contributed by atoms with Gasteiger partial charge in [-0.15, -0.1) is 0 Å². The van der Waals surface area contributed by atoms with Crippen LogP contribution in [0.2, 0.25) is 0 Å². The van der Waals surface area contributed by atoms with Crippen LogP contribution in [0.4, 0.5) is 0 Å². The Morgan fingerprint density at radius 3 is 0.861 bits per heavy atom. The average molecular weight is 1000 g/mol. The van der Waals surface area contributed by atoms with Crippen molar-refractivity contribution in [3.63, 3.8) is 0 Å². The summed E-state index contributed by atoms with van der Waals surface area (Å²) >= 11 is 0. The van der Waals surface area contributed by atoms with Gasteiger partial charge in [-0.25, -0.2) is 0 Å². The van der Waals surface area contributed by atoms with Crippen LogP contribution in [0.1, 0.15) is 297 Å². The molecule has 0 radical (unpaired) electrons. The summed E-state index contributed by atoms with van der Waals surface area (Å²) in [7, 11) is 0. The SMILES string of the molecule is CC/C=C\C/C=C\C/C=C\C/C=C\C/C=C\C/C=C\CCCCCCC(=O)OCC(COC(=O)CCCCCCCCCCCC)OC(=O)CCCCCCCCCCC/C=C\CCCCCCCCCC. The third kappa shape index (κ3) is 57.5. The van der Waals surface area contributed by atoms with Crippen molar-refractivity contribution in [2.75, 3.05) is 13.2 Å². The highest BCUT2D eigenvalue weighted by molar-refractivity contribution is 5.71. The largest absolute Gasteiger partial charge is 0.462 e.